The molecular formula is C32H33N5O5. The Balaban J connectivity index is 1.10. The summed E-state index contributed by atoms with van der Waals surface area (Å²) >= 11 is 0. The first-order valence-electron chi connectivity index (χ1n) is 14.7. The smallest absolute Gasteiger partial charge is 0.280 e. The number of carbonyl (C=O) groups is 3. The van der Waals surface area contributed by atoms with Crippen LogP contribution in [0.1, 0.15) is 36.5 Å². The predicted octanol–water partition coefficient (Wildman–Crippen LogP) is 1.65. The first kappa shape index (κ1) is 25.7. The molecule has 0 spiro atoms. The Hall–Kier alpha value is -3.99. The summed E-state index contributed by atoms with van der Waals surface area (Å²) in [7, 11) is 0. The number of aromatic amines is 1. The first-order chi connectivity index (χ1) is 20.3. The van der Waals surface area contributed by atoms with Crippen LogP contribution >= 0.6 is 0 Å². The SMILES string of the molecule is C[C@@]1(NC(=O)[C@@H]2C=C3c4cccc5[nH]cc(c45)C[C@H]3NC2)O[C@@]2(O)[C@@H]3CCCN3C(=O)[C@H](Cc3ccccc3)N2C1=O. The van der Waals surface area contributed by atoms with E-state index >= 15 is 0 Å². The van der Waals surface area contributed by atoms with Crippen molar-refractivity contribution in [1.29, 1.82) is 0 Å². The number of fused-ring (bicyclic) bond motifs is 5. The van der Waals surface area contributed by atoms with Crippen molar-refractivity contribution in [2.75, 3.05) is 13.1 Å². The number of aliphatic hydroxyl groups is 1. The van der Waals surface area contributed by atoms with E-state index in [0.717, 1.165) is 28.6 Å². The fraction of sp³-hybridized carbons (Fsp3) is 0.406. The number of hydrogen-bond acceptors (Lipinski definition) is 6. The van der Waals surface area contributed by atoms with Crippen molar-refractivity contribution in [3.63, 3.8) is 0 Å². The van der Waals surface area contributed by atoms with Crippen molar-refractivity contribution in [3.05, 3.63) is 77.5 Å². The van der Waals surface area contributed by atoms with Gasteiger partial charge < -0.3 is 25.6 Å². The molecule has 3 aromatic rings. The second-order valence-corrected chi connectivity index (χ2v) is 12.3. The number of benzene rings is 2. The largest absolute Gasteiger partial charge is 0.361 e. The molecule has 10 nitrogen and oxygen atoms in total. The second-order valence-electron chi connectivity index (χ2n) is 12.3. The van der Waals surface area contributed by atoms with Crippen LogP contribution in [0.15, 0.2) is 60.8 Å². The van der Waals surface area contributed by atoms with Gasteiger partial charge in [0.15, 0.2) is 0 Å². The van der Waals surface area contributed by atoms with Gasteiger partial charge in [-0.1, -0.05) is 48.5 Å². The highest BCUT2D eigenvalue weighted by Gasteiger charge is 2.69. The summed E-state index contributed by atoms with van der Waals surface area (Å²) in [4.78, 5) is 47.7. The molecule has 10 heteroatoms. The van der Waals surface area contributed by atoms with Gasteiger partial charge in [0.25, 0.3) is 11.8 Å². The molecule has 0 radical (unpaired) electrons. The van der Waals surface area contributed by atoms with Gasteiger partial charge in [-0.05, 0) is 54.5 Å². The third-order valence-electron chi connectivity index (χ3n) is 9.73. The first-order valence-corrected chi connectivity index (χ1v) is 14.7. The number of nitrogens with one attached hydrogen (secondary N) is 3. The van der Waals surface area contributed by atoms with Crippen molar-refractivity contribution >= 4 is 34.2 Å². The number of carbonyl (C=O) groups excluding carboxylic acids is 3. The van der Waals surface area contributed by atoms with Crippen LogP contribution in [0.2, 0.25) is 0 Å². The molecule has 0 unspecified atom stereocenters. The highest BCUT2D eigenvalue weighted by atomic mass is 16.7. The van der Waals surface area contributed by atoms with Crippen LogP contribution in [0.4, 0.5) is 0 Å². The normalized spacial score (nSPS) is 33.3. The van der Waals surface area contributed by atoms with E-state index in [9.17, 15) is 19.5 Å². The van der Waals surface area contributed by atoms with E-state index in [0.29, 0.717) is 25.9 Å². The van der Waals surface area contributed by atoms with Crippen molar-refractivity contribution in [2.24, 2.45) is 5.92 Å². The molecule has 6 atom stereocenters. The Bertz CT molecular complexity index is 1670. The molecule has 8 rings (SSSR count). The number of amides is 3. The number of hydrogen-bond donors (Lipinski definition) is 4. The molecule has 2 aromatic carbocycles. The summed E-state index contributed by atoms with van der Waals surface area (Å²) in [5, 5.41) is 19.5. The van der Waals surface area contributed by atoms with Gasteiger partial charge in [0, 0.05) is 42.7 Å². The monoisotopic (exact) mass is 567 g/mol. The third-order valence-corrected chi connectivity index (χ3v) is 9.73. The molecule has 0 bridgehead atoms. The Morgan fingerprint density at radius 1 is 1.17 bits per heavy atom. The summed E-state index contributed by atoms with van der Waals surface area (Å²) in [5.41, 5.74) is 3.50. The van der Waals surface area contributed by atoms with Gasteiger partial charge in [-0.2, -0.15) is 0 Å². The van der Waals surface area contributed by atoms with E-state index in [1.807, 2.05) is 48.5 Å². The quantitative estimate of drug-likeness (QED) is 0.380. The summed E-state index contributed by atoms with van der Waals surface area (Å²) in [6.45, 7) is 2.37. The standard InChI is InChI=1S/C32H33N5O5/c1-31(35-28(38)20-14-22-21-9-5-10-23-27(21)19(16-33-23)15-24(22)34-17-20)30(40)37-25(13-18-7-3-2-4-8-18)29(39)36-12-6-11-26(36)32(37,41)42-31/h2-5,7-10,14,16,20,24-26,33-34,41H,6,11-13,15,17H2,1H3,(H,35,38)/t20-,24-,25+,26+,31-,32+/m1/s1. The fourth-order valence-electron chi connectivity index (χ4n) is 7.78. The lowest BCUT2D eigenvalue weighted by Crippen LogP contribution is -2.71. The van der Waals surface area contributed by atoms with Crippen molar-refractivity contribution in [2.45, 2.75) is 62.4 Å². The van der Waals surface area contributed by atoms with Crippen molar-refractivity contribution in [1.82, 2.24) is 25.4 Å². The van der Waals surface area contributed by atoms with Crippen molar-refractivity contribution in [3.8, 4) is 0 Å². The summed E-state index contributed by atoms with van der Waals surface area (Å²) in [6, 6.07) is 14.0. The number of ether oxygens (including phenoxy) is 1. The van der Waals surface area contributed by atoms with E-state index in [1.165, 1.54) is 22.8 Å². The van der Waals surface area contributed by atoms with E-state index in [4.69, 9.17) is 4.74 Å². The van der Waals surface area contributed by atoms with E-state index in [2.05, 4.69) is 27.9 Å². The van der Waals surface area contributed by atoms with Gasteiger partial charge in [-0.3, -0.25) is 24.0 Å². The van der Waals surface area contributed by atoms with E-state index in [1.54, 1.807) is 4.90 Å². The zero-order chi connectivity index (χ0) is 28.8. The Labute approximate surface area is 242 Å². The molecule has 42 heavy (non-hydrogen) atoms. The zero-order valence-electron chi connectivity index (χ0n) is 23.3. The number of piperazine rings is 1. The van der Waals surface area contributed by atoms with Gasteiger partial charge in [0.05, 0.1) is 5.92 Å². The lowest BCUT2D eigenvalue weighted by Gasteiger charge is -2.48. The van der Waals surface area contributed by atoms with Gasteiger partial charge >= 0.3 is 0 Å². The van der Waals surface area contributed by atoms with Crippen LogP contribution in [0.3, 0.4) is 0 Å². The predicted molar refractivity (Wildman–Crippen MR) is 153 cm³/mol. The molecule has 3 fully saturated rings. The van der Waals surface area contributed by atoms with Gasteiger partial charge in [0.2, 0.25) is 17.5 Å². The molecule has 3 saturated heterocycles. The second kappa shape index (κ2) is 9.00. The summed E-state index contributed by atoms with van der Waals surface area (Å²) < 4.78 is 6.19. The van der Waals surface area contributed by atoms with Gasteiger partial charge in [0.1, 0.15) is 12.1 Å². The molecule has 4 N–H and O–H groups in total. The molecule has 3 amide bonds. The molecular weight excluding hydrogens is 534 g/mol. The molecule has 4 aliphatic heterocycles. The molecule has 1 aliphatic carbocycles. The minimum Gasteiger partial charge on any atom is -0.361 e. The maximum atomic E-state index is 14.1. The van der Waals surface area contributed by atoms with E-state index < -0.39 is 35.5 Å². The number of rotatable bonds is 4. The zero-order valence-corrected chi connectivity index (χ0v) is 23.3. The molecule has 5 aliphatic rings. The lowest BCUT2D eigenvalue weighted by molar-refractivity contribution is -0.315. The Kier molecular flexibility index (Phi) is 5.51. The number of nitrogens with zero attached hydrogens (tertiary/aromatic N) is 2. The minimum atomic E-state index is -2.04. The molecule has 1 aromatic heterocycles. The van der Waals surface area contributed by atoms with Gasteiger partial charge in [-0.15, -0.1) is 0 Å². The van der Waals surface area contributed by atoms with Crippen LogP contribution < -0.4 is 10.6 Å². The third kappa shape index (κ3) is 3.58. The number of aromatic nitrogens is 1. The summed E-state index contributed by atoms with van der Waals surface area (Å²) in [6.07, 6.45) is 6.30. The summed E-state index contributed by atoms with van der Waals surface area (Å²) in [5.74, 6) is -3.80. The highest BCUT2D eigenvalue weighted by molar-refractivity contribution is 6.00. The molecule has 216 valence electrons. The maximum Gasteiger partial charge on any atom is 0.280 e. The average molecular weight is 568 g/mol. The minimum absolute atomic E-state index is 0.0932. The topological polar surface area (TPSA) is 127 Å². The van der Waals surface area contributed by atoms with Crippen LogP contribution in [-0.2, 0) is 32.0 Å². The van der Waals surface area contributed by atoms with Crippen LogP contribution in [0.5, 0.6) is 0 Å². The maximum absolute atomic E-state index is 14.1. The molecule has 0 saturated carbocycles. The lowest BCUT2D eigenvalue weighted by atomic mass is 9.80. The fourth-order valence-corrected chi connectivity index (χ4v) is 7.78. The Morgan fingerprint density at radius 3 is 2.83 bits per heavy atom. The Morgan fingerprint density at radius 2 is 2.00 bits per heavy atom. The van der Waals surface area contributed by atoms with Crippen molar-refractivity contribution < 1.29 is 24.2 Å². The van der Waals surface area contributed by atoms with Crippen LogP contribution in [0, 0.1) is 5.92 Å². The number of H-pyrrole nitrogens is 1. The van der Waals surface area contributed by atoms with Crippen LogP contribution in [-0.4, -0.2) is 80.5 Å². The average Bonchev–Trinajstić information content (AvgIpc) is 3.69. The molecule has 5 heterocycles. The highest BCUT2D eigenvalue weighted by Crippen LogP contribution is 2.46. The van der Waals surface area contributed by atoms with Crippen LogP contribution in [0.25, 0.3) is 16.5 Å². The van der Waals surface area contributed by atoms with Gasteiger partial charge in [-0.25, -0.2) is 0 Å². The van der Waals surface area contributed by atoms with E-state index in [-0.39, 0.29) is 24.3 Å².